The Hall–Kier alpha value is -3.33. The predicted molar refractivity (Wildman–Crippen MR) is 133 cm³/mol. The smallest absolute Gasteiger partial charge is 0.417 e. The van der Waals surface area contributed by atoms with E-state index in [2.05, 4.69) is 0 Å². The van der Waals surface area contributed by atoms with E-state index in [-0.39, 0.29) is 40.9 Å². The predicted octanol–water partition coefficient (Wildman–Crippen LogP) is 6.66. The fourth-order valence-corrected chi connectivity index (χ4v) is 4.43. The van der Waals surface area contributed by atoms with Crippen LogP contribution in [0.15, 0.2) is 78.9 Å². The van der Waals surface area contributed by atoms with Crippen molar-refractivity contribution in [1.29, 1.82) is 0 Å². The van der Waals surface area contributed by atoms with Gasteiger partial charge in [0.1, 0.15) is 12.2 Å². The second-order valence-electron chi connectivity index (χ2n) is 8.58. The molecule has 1 aliphatic heterocycles. The summed E-state index contributed by atoms with van der Waals surface area (Å²) in [5.41, 5.74) is -1.66. The van der Waals surface area contributed by atoms with Gasteiger partial charge in [0.15, 0.2) is 5.78 Å². The Balaban J connectivity index is 1.43. The van der Waals surface area contributed by atoms with Crippen LogP contribution in [0.5, 0.6) is 0 Å². The van der Waals surface area contributed by atoms with Crippen LogP contribution in [0.4, 0.5) is 18.0 Å². The van der Waals surface area contributed by atoms with E-state index >= 15 is 0 Å². The number of nitrogens with zero attached hydrogens (tertiary/aromatic N) is 1. The highest BCUT2D eigenvalue weighted by atomic mass is 35.5. The number of halogens is 5. The van der Waals surface area contributed by atoms with Gasteiger partial charge in [0, 0.05) is 15.6 Å². The van der Waals surface area contributed by atoms with Gasteiger partial charge in [0.25, 0.3) is 0 Å². The highest BCUT2D eigenvalue weighted by molar-refractivity contribution is 6.35. The number of ether oxygens (including phenoxy) is 1. The first-order valence-electron chi connectivity index (χ1n) is 11.0. The lowest BCUT2D eigenvalue weighted by atomic mass is 9.86. The van der Waals surface area contributed by atoms with Gasteiger partial charge in [-0.05, 0) is 41.0 Å². The second kappa shape index (κ2) is 10.6. The minimum Gasteiger partial charge on any atom is -0.445 e. The molecule has 1 N–H and O–H groups in total. The van der Waals surface area contributed by atoms with Crippen LogP contribution in [0.2, 0.25) is 10.0 Å². The second-order valence-corrected chi connectivity index (χ2v) is 9.46. The van der Waals surface area contributed by atoms with Gasteiger partial charge in [-0.2, -0.15) is 13.2 Å². The van der Waals surface area contributed by atoms with Crippen LogP contribution >= 0.6 is 23.2 Å². The molecule has 1 fully saturated rings. The molecule has 0 aromatic heterocycles. The van der Waals surface area contributed by atoms with E-state index in [0.717, 1.165) is 17.7 Å². The molecular weight excluding hydrogens is 530 g/mol. The Labute approximate surface area is 220 Å². The van der Waals surface area contributed by atoms with Gasteiger partial charge in [0.2, 0.25) is 0 Å². The fraction of sp³-hybridized carbons (Fsp3) is 0.185. The van der Waals surface area contributed by atoms with Crippen LogP contribution in [-0.2, 0) is 16.9 Å². The van der Waals surface area contributed by atoms with E-state index < -0.39 is 29.2 Å². The molecule has 0 spiro atoms. The summed E-state index contributed by atoms with van der Waals surface area (Å²) in [6.45, 7) is 0.0450. The first-order valence-corrected chi connectivity index (χ1v) is 11.8. The number of amides is 1. The number of carbonyl (C=O) groups is 2. The quantitative estimate of drug-likeness (QED) is 0.275. The molecule has 37 heavy (non-hydrogen) atoms. The van der Waals surface area contributed by atoms with Crippen molar-refractivity contribution in [2.24, 2.45) is 0 Å². The number of hydrogen-bond donors (Lipinski definition) is 1. The zero-order valence-corrected chi connectivity index (χ0v) is 20.6. The maximum atomic E-state index is 13.7. The Morgan fingerprint density at radius 3 is 2.11 bits per heavy atom. The van der Waals surface area contributed by atoms with E-state index in [9.17, 15) is 27.9 Å². The van der Waals surface area contributed by atoms with Gasteiger partial charge in [-0.3, -0.25) is 4.79 Å². The number of alkyl halides is 3. The van der Waals surface area contributed by atoms with Crippen molar-refractivity contribution in [3.8, 4) is 0 Å². The summed E-state index contributed by atoms with van der Waals surface area (Å²) in [5, 5.41) is 10.9. The topological polar surface area (TPSA) is 66.8 Å². The van der Waals surface area contributed by atoms with Crippen LogP contribution < -0.4 is 0 Å². The third-order valence-corrected chi connectivity index (χ3v) is 6.27. The largest absolute Gasteiger partial charge is 0.445 e. The molecule has 1 saturated heterocycles. The molecule has 3 aromatic rings. The number of β-amino-alcohol motifs (C(OH)–C–C–N with tert-alkyl or cyclic N) is 1. The van der Waals surface area contributed by atoms with E-state index in [1.54, 1.807) is 0 Å². The van der Waals surface area contributed by atoms with E-state index in [4.69, 9.17) is 27.9 Å². The van der Waals surface area contributed by atoms with Gasteiger partial charge in [-0.25, -0.2) is 4.79 Å². The minimum absolute atomic E-state index is 0.00110. The third kappa shape index (κ3) is 6.33. The summed E-state index contributed by atoms with van der Waals surface area (Å²) in [6, 6.07) is 18.1. The van der Waals surface area contributed by atoms with Crippen LogP contribution in [0.25, 0.3) is 5.57 Å². The van der Waals surface area contributed by atoms with Gasteiger partial charge < -0.3 is 14.7 Å². The van der Waals surface area contributed by atoms with E-state index in [0.29, 0.717) is 11.6 Å². The summed E-state index contributed by atoms with van der Waals surface area (Å²) < 4.78 is 46.3. The molecule has 3 aromatic carbocycles. The van der Waals surface area contributed by atoms with Crippen molar-refractivity contribution in [2.45, 2.75) is 18.4 Å². The third-order valence-electron chi connectivity index (χ3n) is 5.83. The van der Waals surface area contributed by atoms with Crippen LogP contribution in [-0.4, -0.2) is 41.1 Å². The number of allylic oxidation sites excluding steroid dienone is 2. The summed E-state index contributed by atoms with van der Waals surface area (Å²) in [7, 11) is 0. The van der Waals surface area contributed by atoms with Crippen molar-refractivity contribution in [3.63, 3.8) is 0 Å². The van der Waals surface area contributed by atoms with Gasteiger partial charge in [-0.15, -0.1) is 0 Å². The minimum atomic E-state index is -4.83. The van der Waals surface area contributed by atoms with Crippen molar-refractivity contribution >= 4 is 40.7 Å². The highest BCUT2D eigenvalue weighted by Gasteiger charge is 2.45. The van der Waals surface area contributed by atoms with E-state index in [1.807, 2.05) is 30.3 Å². The van der Waals surface area contributed by atoms with Crippen LogP contribution in [0.1, 0.15) is 27.0 Å². The number of ketones is 1. The summed E-state index contributed by atoms with van der Waals surface area (Å²) in [5.74, 6) is -0.887. The fourth-order valence-electron chi connectivity index (χ4n) is 3.90. The number of hydrogen-bond acceptors (Lipinski definition) is 4. The first-order chi connectivity index (χ1) is 17.4. The van der Waals surface area contributed by atoms with Gasteiger partial charge in [-0.1, -0.05) is 77.8 Å². The summed E-state index contributed by atoms with van der Waals surface area (Å²) in [4.78, 5) is 26.2. The average molecular weight is 550 g/mol. The lowest BCUT2D eigenvalue weighted by Crippen LogP contribution is -2.61. The molecule has 0 aliphatic carbocycles. The number of carbonyl (C=O) groups excluding carboxylic acids is 2. The Morgan fingerprint density at radius 2 is 1.54 bits per heavy atom. The maximum Gasteiger partial charge on any atom is 0.417 e. The SMILES string of the molecule is O=C(C=C(c1cc(Cl)cc(Cl)c1)C(F)(F)F)c1ccc(C2(O)CN(C(=O)OCc3ccccc3)C2)cc1. The lowest BCUT2D eigenvalue weighted by Gasteiger charge is -2.45. The monoisotopic (exact) mass is 549 g/mol. The van der Waals surface area contributed by atoms with Crippen LogP contribution in [0.3, 0.4) is 0 Å². The van der Waals surface area contributed by atoms with Crippen molar-refractivity contribution in [3.05, 3.63) is 111 Å². The van der Waals surface area contributed by atoms with Crippen LogP contribution in [0, 0.1) is 0 Å². The summed E-state index contributed by atoms with van der Waals surface area (Å²) in [6.07, 6.45) is -4.92. The molecule has 0 atom stereocenters. The summed E-state index contributed by atoms with van der Waals surface area (Å²) >= 11 is 11.7. The molecular formula is C27H20Cl2F3NO4. The molecule has 4 rings (SSSR count). The number of likely N-dealkylation sites (tertiary alicyclic amines) is 1. The number of rotatable bonds is 6. The zero-order valence-electron chi connectivity index (χ0n) is 19.1. The molecule has 1 amide bonds. The average Bonchev–Trinajstić information content (AvgIpc) is 2.83. The maximum absolute atomic E-state index is 13.7. The van der Waals surface area contributed by atoms with Gasteiger partial charge in [0.05, 0.1) is 18.7 Å². The molecule has 10 heteroatoms. The standard InChI is InChI=1S/C27H20Cl2F3NO4/c28-21-10-19(11-22(29)12-21)23(27(30,31)32)13-24(34)18-6-8-20(9-7-18)26(36)15-33(16-26)25(35)37-14-17-4-2-1-3-5-17/h1-13,36H,14-16H2. The number of aliphatic hydroxyl groups is 1. The first kappa shape index (κ1) is 26.7. The molecule has 0 saturated carbocycles. The molecule has 0 bridgehead atoms. The molecule has 5 nitrogen and oxygen atoms in total. The Kier molecular flexibility index (Phi) is 7.64. The molecule has 0 unspecified atom stereocenters. The lowest BCUT2D eigenvalue weighted by molar-refractivity contribution is -0.0949. The van der Waals surface area contributed by atoms with Crippen molar-refractivity contribution in [2.75, 3.05) is 13.1 Å². The zero-order chi connectivity index (χ0) is 26.8. The number of benzene rings is 3. The Morgan fingerprint density at radius 1 is 0.946 bits per heavy atom. The molecule has 0 radical (unpaired) electrons. The van der Waals surface area contributed by atoms with Crippen molar-refractivity contribution < 1.29 is 32.6 Å². The molecule has 1 heterocycles. The normalized spacial score (nSPS) is 15.2. The van der Waals surface area contributed by atoms with Gasteiger partial charge >= 0.3 is 12.3 Å². The van der Waals surface area contributed by atoms with E-state index in [1.165, 1.54) is 35.2 Å². The molecule has 1 aliphatic rings. The highest BCUT2D eigenvalue weighted by Crippen LogP contribution is 2.37. The Bertz CT molecular complexity index is 1320. The van der Waals surface area contributed by atoms with Crippen molar-refractivity contribution in [1.82, 2.24) is 4.90 Å². The molecule has 192 valence electrons.